The van der Waals surface area contributed by atoms with Gasteiger partial charge in [-0.05, 0) is 61.7 Å². The molecular formula is C26H33N3O5. The Kier molecular flexibility index (Phi) is 7.26. The molecule has 4 rings (SSSR count). The minimum absolute atomic E-state index is 0.00373. The number of unbranched alkanes of at least 4 members (excludes halogenated alkanes) is 1. The van der Waals surface area contributed by atoms with E-state index in [0.717, 1.165) is 61.7 Å². The molecule has 2 heterocycles. The summed E-state index contributed by atoms with van der Waals surface area (Å²) in [7, 11) is 1.66. The molecule has 2 aliphatic heterocycles. The van der Waals surface area contributed by atoms with Crippen LogP contribution in [-0.2, 0) is 13.1 Å². The number of rotatable bonds is 7. The van der Waals surface area contributed by atoms with Gasteiger partial charge >= 0.3 is 0 Å². The topological polar surface area (TPSA) is 102 Å². The lowest BCUT2D eigenvalue weighted by Gasteiger charge is -2.24. The van der Waals surface area contributed by atoms with Gasteiger partial charge in [0, 0.05) is 32.7 Å². The van der Waals surface area contributed by atoms with Crippen LogP contribution in [0.15, 0.2) is 30.3 Å². The molecule has 0 atom stereocenters. The Morgan fingerprint density at radius 1 is 1.06 bits per heavy atom. The summed E-state index contributed by atoms with van der Waals surface area (Å²) in [6.45, 7) is 5.27. The number of fused-ring (bicyclic) bond motifs is 1. The molecule has 0 aromatic heterocycles. The lowest BCUT2D eigenvalue weighted by atomic mass is 10.1. The maximum atomic E-state index is 13.3. The third-order valence-electron chi connectivity index (χ3n) is 6.54. The van der Waals surface area contributed by atoms with Crippen molar-refractivity contribution in [3.05, 3.63) is 52.6 Å². The number of nitrogens with zero attached hydrogens (tertiary/aromatic N) is 2. The number of aromatic hydroxyl groups is 2. The third-order valence-corrected chi connectivity index (χ3v) is 6.54. The summed E-state index contributed by atoms with van der Waals surface area (Å²) in [6, 6.07) is 8.27. The van der Waals surface area contributed by atoms with E-state index in [0.29, 0.717) is 19.6 Å². The van der Waals surface area contributed by atoms with Crippen molar-refractivity contribution in [3.63, 3.8) is 0 Å². The van der Waals surface area contributed by atoms with Gasteiger partial charge in [0.2, 0.25) is 0 Å². The SMILES string of the molecule is CCCCN(C)C(=O)c1cc(C(=O)N2Cc3ccc(OC4CCNCC4)cc3C2)c(O)cc1O. The minimum Gasteiger partial charge on any atom is -0.507 e. The van der Waals surface area contributed by atoms with Crippen LogP contribution in [-0.4, -0.2) is 64.6 Å². The van der Waals surface area contributed by atoms with Crippen LogP contribution in [0.3, 0.4) is 0 Å². The van der Waals surface area contributed by atoms with Crippen LogP contribution >= 0.6 is 0 Å². The molecule has 0 unspecified atom stereocenters. The summed E-state index contributed by atoms with van der Waals surface area (Å²) >= 11 is 0. The summed E-state index contributed by atoms with van der Waals surface area (Å²) in [4.78, 5) is 29.2. The van der Waals surface area contributed by atoms with Gasteiger partial charge in [0.05, 0.1) is 11.1 Å². The van der Waals surface area contributed by atoms with E-state index in [9.17, 15) is 19.8 Å². The van der Waals surface area contributed by atoms with Crippen LogP contribution < -0.4 is 10.1 Å². The molecule has 1 fully saturated rings. The standard InChI is InChI=1S/C26H33N3O5/c1-3-4-11-28(2)25(32)21-13-22(24(31)14-23(21)30)26(33)29-15-17-5-6-20(12-18(17)16-29)34-19-7-9-27-10-8-19/h5-6,12-14,19,27,30-31H,3-4,7-11,15-16H2,1-2H3. The number of hydrogen-bond acceptors (Lipinski definition) is 6. The van der Waals surface area contributed by atoms with E-state index in [1.807, 2.05) is 25.1 Å². The first kappa shape index (κ1) is 23.9. The molecule has 0 saturated carbocycles. The highest BCUT2D eigenvalue weighted by atomic mass is 16.5. The summed E-state index contributed by atoms with van der Waals surface area (Å²) in [5, 5.41) is 24.0. The van der Waals surface area contributed by atoms with Crippen LogP contribution in [0.1, 0.15) is 64.4 Å². The summed E-state index contributed by atoms with van der Waals surface area (Å²) < 4.78 is 6.13. The Hall–Kier alpha value is -3.26. The number of benzene rings is 2. The normalized spacial score (nSPS) is 15.8. The zero-order valence-electron chi connectivity index (χ0n) is 19.8. The quantitative estimate of drug-likeness (QED) is 0.578. The number of carbonyl (C=O) groups is 2. The van der Waals surface area contributed by atoms with E-state index in [4.69, 9.17) is 4.74 Å². The van der Waals surface area contributed by atoms with Crippen molar-refractivity contribution in [2.24, 2.45) is 0 Å². The molecule has 0 spiro atoms. The fraction of sp³-hybridized carbons (Fsp3) is 0.462. The average Bonchev–Trinajstić information content (AvgIpc) is 3.26. The van der Waals surface area contributed by atoms with Gasteiger partial charge in [-0.3, -0.25) is 9.59 Å². The van der Waals surface area contributed by atoms with Crippen molar-refractivity contribution >= 4 is 11.8 Å². The van der Waals surface area contributed by atoms with Crippen LogP contribution in [0.4, 0.5) is 0 Å². The molecule has 0 bridgehead atoms. The molecule has 182 valence electrons. The summed E-state index contributed by atoms with van der Waals surface area (Å²) in [5.41, 5.74) is 2.05. The first-order valence-corrected chi connectivity index (χ1v) is 12.0. The van der Waals surface area contributed by atoms with Gasteiger partial charge in [-0.2, -0.15) is 0 Å². The van der Waals surface area contributed by atoms with Crippen molar-refractivity contribution < 1.29 is 24.5 Å². The maximum Gasteiger partial charge on any atom is 0.258 e. The average molecular weight is 468 g/mol. The van der Waals surface area contributed by atoms with Crippen LogP contribution in [0.2, 0.25) is 0 Å². The van der Waals surface area contributed by atoms with Crippen molar-refractivity contribution in [1.82, 2.24) is 15.1 Å². The van der Waals surface area contributed by atoms with Crippen LogP contribution in [0.25, 0.3) is 0 Å². The van der Waals surface area contributed by atoms with Crippen LogP contribution in [0, 0.1) is 0 Å². The number of amides is 2. The molecule has 2 aliphatic rings. The fourth-order valence-electron chi connectivity index (χ4n) is 4.49. The second-order valence-corrected chi connectivity index (χ2v) is 9.13. The Labute approximate surface area is 200 Å². The van der Waals surface area contributed by atoms with Crippen LogP contribution in [0.5, 0.6) is 17.2 Å². The number of piperidine rings is 1. The fourth-order valence-corrected chi connectivity index (χ4v) is 4.49. The Morgan fingerprint density at radius 3 is 2.50 bits per heavy atom. The number of ether oxygens (including phenoxy) is 1. The summed E-state index contributed by atoms with van der Waals surface area (Å²) in [5.74, 6) is -0.660. The van der Waals surface area contributed by atoms with E-state index >= 15 is 0 Å². The molecule has 8 heteroatoms. The minimum atomic E-state index is -0.389. The van der Waals surface area contributed by atoms with Crippen molar-refractivity contribution in [3.8, 4) is 17.2 Å². The third kappa shape index (κ3) is 5.12. The molecule has 1 saturated heterocycles. The zero-order valence-corrected chi connectivity index (χ0v) is 19.8. The van der Waals surface area contributed by atoms with Gasteiger partial charge < -0.3 is 30.1 Å². The lowest BCUT2D eigenvalue weighted by Crippen LogP contribution is -2.34. The number of hydrogen-bond donors (Lipinski definition) is 3. The number of phenols is 2. The number of carbonyl (C=O) groups excluding carboxylic acids is 2. The van der Waals surface area contributed by atoms with E-state index in [2.05, 4.69) is 5.32 Å². The molecule has 0 aliphatic carbocycles. The molecule has 0 radical (unpaired) electrons. The van der Waals surface area contributed by atoms with E-state index in [-0.39, 0.29) is 40.5 Å². The van der Waals surface area contributed by atoms with Crippen molar-refractivity contribution in [2.45, 2.75) is 51.8 Å². The van der Waals surface area contributed by atoms with Crippen molar-refractivity contribution in [1.29, 1.82) is 0 Å². The Balaban J connectivity index is 1.49. The predicted molar refractivity (Wildman–Crippen MR) is 128 cm³/mol. The number of phenolic OH excluding ortho intramolecular Hbond substituents is 2. The molecular weight excluding hydrogens is 434 g/mol. The van der Waals surface area contributed by atoms with Crippen molar-refractivity contribution in [2.75, 3.05) is 26.7 Å². The maximum absolute atomic E-state index is 13.3. The zero-order chi connectivity index (χ0) is 24.2. The van der Waals surface area contributed by atoms with Gasteiger partial charge in [-0.25, -0.2) is 0 Å². The second kappa shape index (κ2) is 10.3. The lowest BCUT2D eigenvalue weighted by molar-refractivity contribution is 0.0748. The van der Waals surface area contributed by atoms with E-state index < -0.39 is 0 Å². The van der Waals surface area contributed by atoms with E-state index in [1.54, 1.807) is 11.9 Å². The number of nitrogens with one attached hydrogen (secondary N) is 1. The molecule has 8 nitrogen and oxygen atoms in total. The molecule has 2 aromatic carbocycles. The highest BCUT2D eigenvalue weighted by Crippen LogP contribution is 2.33. The first-order chi connectivity index (χ1) is 16.4. The molecule has 2 amide bonds. The molecule has 34 heavy (non-hydrogen) atoms. The largest absolute Gasteiger partial charge is 0.507 e. The van der Waals surface area contributed by atoms with Gasteiger partial charge in [0.15, 0.2) is 0 Å². The highest BCUT2D eigenvalue weighted by Gasteiger charge is 2.29. The first-order valence-electron chi connectivity index (χ1n) is 12.0. The monoisotopic (exact) mass is 467 g/mol. The Bertz CT molecular complexity index is 1060. The van der Waals surface area contributed by atoms with Gasteiger partial charge in [-0.15, -0.1) is 0 Å². The van der Waals surface area contributed by atoms with E-state index in [1.165, 1.54) is 11.0 Å². The smallest absolute Gasteiger partial charge is 0.258 e. The van der Waals surface area contributed by atoms with Gasteiger partial charge in [0.1, 0.15) is 23.4 Å². The van der Waals surface area contributed by atoms with Gasteiger partial charge in [0.25, 0.3) is 11.8 Å². The Morgan fingerprint density at radius 2 is 1.76 bits per heavy atom. The summed E-state index contributed by atoms with van der Waals surface area (Å²) in [6.07, 6.45) is 3.90. The molecule has 3 N–H and O–H groups in total. The van der Waals surface area contributed by atoms with Gasteiger partial charge in [-0.1, -0.05) is 19.4 Å². The predicted octanol–water partition coefficient (Wildman–Crippen LogP) is 3.26. The highest BCUT2D eigenvalue weighted by molar-refractivity contribution is 6.03. The second-order valence-electron chi connectivity index (χ2n) is 9.13. The molecule has 2 aromatic rings.